The zero-order chi connectivity index (χ0) is 20.0. The molecule has 0 aliphatic rings. The van der Waals surface area contributed by atoms with E-state index in [1.165, 1.54) is 4.68 Å². The molecule has 0 unspecified atom stereocenters. The smallest absolute Gasteiger partial charge is 0.291 e. The molecular weight excluding hydrogens is 388 g/mol. The summed E-state index contributed by atoms with van der Waals surface area (Å²) in [6, 6.07) is 7.47. The molecule has 0 bridgehead atoms. The fourth-order valence-corrected chi connectivity index (χ4v) is 4.48. The van der Waals surface area contributed by atoms with Crippen molar-refractivity contribution in [2.45, 2.75) is 13.0 Å². The minimum Gasteiger partial charge on any atom is -0.323 e. The highest BCUT2D eigenvalue weighted by Crippen LogP contribution is 2.31. The molecule has 0 spiro atoms. The standard InChI is InChI=1S/C19H16N8OS/c1-20-14-5-3-4-11(23-14)8-15-24-18-17(29-15)13-9-22-27(10-12-6-7-21-25-12)19(28)16(13)26(18)2/h3-7,9H,1,8,10H2,2H3,(H,21,25). The van der Waals surface area contributed by atoms with Crippen LogP contribution in [0.3, 0.4) is 0 Å². The average molecular weight is 404 g/mol. The molecule has 5 aromatic heterocycles. The maximum absolute atomic E-state index is 13.0. The number of hydrogen-bond donors (Lipinski definition) is 1. The maximum atomic E-state index is 13.0. The van der Waals surface area contributed by atoms with Gasteiger partial charge in [-0.05, 0) is 24.9 Å². The molecule has 0 radical (unpaired) electrons. The molecule has 9 nitrogen and oxygen atoms in total. The van der Waals surface area contributed by atoms with Gasteiger partial charge in [0, 0.05) is 30.7 Å². The van der Waals surface area contributed by atoms with E-state index < -0.39 is 0 Å². The van der Waals surface area contributed by atoms with Crippen LogP contribution in [0.2, 0.25) is 0 Å². The van der Waals surface area contributed by atoms with Crippen molar-refractivity contribution in [3.8, 4) is 0 Å². The largest absolute Gasteiger partial charge is 0.323 e. The number of aromatic nitrogens is 7. The molecule has 5 heterocycles. The van der Waals surface area contributed by atoms with Crippen LogP contribution >= 0.6 is 11.3 Å². The summed E-state index contributed by atoms with van der Waals surface area (Å²) in [4.78, 5) is 26.0. The number of nitrogens with one attached hydrogen (secondary N) is 1. The summed E-state index contributed by atoms with van der Waals surface area (Å²) in [5, 5.41) is 12.9. The number of H-pyrrole nitrogens is 1. The Kier molecular flexibility index (Phi) is 4.06. The van der Waals surface area contributed by atoms with E-state index in [-0.39, 0.29) is 5.56 Å². The summed E-state index contributed by atoms with van der Waals surface area (Å²) in [7, 11) is 1.86. The monoisotopic (exact) mass is 404 g/mol. The van der Waals surface area contributed by atoms with Gasteiger partial charge < -0.3 is 4.57 Å². The summed E-state index contributed by atoms with van der Waals surface area (Å²) in [6.07, 6.45) is 4.04. The third-order valence-corrected chi connectivity index (χ3v) is 5.80. The third kappa shape index (κ3) is 2.93. The van der Waals surface area contributed by atoms with Gasteiger partial charge in [0.05, 0.1) is 23.1 Å². The van der Waals surface area contributed by atoms with E-state index in [0.717, 1.165) is 32.1 Å². The number of thiazole rings is 1. The summed E-state index contributed by atoms with van der Waals surface area (Å²) in [5.74, 6) is 0.593. The van der Waals surface area contributed by atoms with Crippen molar-refractivity contribution in [2.24, 2.45) is 12.0 Å². The van der Waals surface area contributed by atoms with Gasteiger partial charge in [-0.25, -0.2) is 19.6 Å². The number of aliphatic imine (C=N–C) groups is 1. The van der Waals surface area contributed by atoms with Crippen LogP contribution in [0.1, 0.15) is 16.4 Å². The third-order valence-electron chi connectivity index (χ3n) is 4.73. The second-order valence-electron chi connectivity index (χ2n) is 6.58. The molecule has 0 aliphatic heterocycles. The van der Waals surface area contributed by atoms with Crippen LogP contribution in [0.25, 0.3) is 21.3 Å². The number of fused-ring (bicyclic) bond motifs is 3. The Balaban J connectivity index is 1.56. The van der Waals surface area contributed by atoms with E-state index in [1.807, 2.05) is 35.9 Å². The lowest BCUT2D eigenvalue weighted by Crippen LogP contribution is -2.24. The predicted molar refractivity (Wildman–Crippen MR) is 112 cm³/mol. The molecule has 0 aromatic carbocycles. The maximum Gasteiger partial charge on any atom is 0.291 e. The second-order valence-corrected chi connectivity index (χ2v) is 7.66. The number of hydrogen-bond acceptors (Lipinski definition) is 7. The first-order valence-electron chi connectivity index (χ1n) is 8.89. The molecule has 29 heavy (non-hydrogen) atoms. The van der Waals surface area contributed by atoms with Gasteiger partial charge in [0.15, 0.2) is 11.5 Å². The predicted octanol–water partition coefficient (Wildman–Crippen LogP) is 2.43. The Bertz CT molecular complexity index is 1410. The van der Waals surface area contributed by atoms with Crippen molar-refractivity contribution in [1.82, 2.24) is 34.5 Å². The molecular formula is C19H16N8OS. The zero-order valence-electron chi connectivity index (χ0n) is 15.5. The van der Waals surface area contributed by atoms with Gasteiger partial charge >= 0.3 is 0 Å². The number of aromatic amines is 1. The van der Waals surface area contributed by atoms with E-state index in [1.54, 1.807) is 23.7 Å². The van der Waals surface area contributed by atoms with Crippen LogP contribution in [-0.4, -0.2) is 41.2 Å². The summed E-state index contributed by atoms with van der Waals surface area (Å²) in [6.45, 7) is 3.83. The summed E-state index contributed by atoms with van der Waals surface area (Å²) >= 11 is 1.55. The fourth-order valence-electron chi connectivity index (χ4n) is 3.36. The lowest BCUT2D eigenvalue weighted by Gasteiger charge is -2.03. The molecule has 0 atom stereocenters. The minimum absolute atomic E-state index is 0.161. The number of rotatable bonds is 5. The summed E-state index contributed by atoms with van der Waals surface area (Å²) < 4.78 is 4.21. The summed E-state index contributed by atoms with van der Waals surface area (Å²) in [5.41, 5.74) is 2.82. The van der Waals surface area contributed by atoms with Crippen molar-refractivity contribution in [2.75, 3.05) is 0 Å². The minimum atomic E-state index is -0.161. The van der Waals surface area contributed by atoms with Gasteiger partial charge in [0.25, 0.3) is 5.56 Å². The Morgan fingerprint density at radius 2 is 2.14 bits per heavy atom. The van der Waals surface area contributed by atoms with Crippen LogP contribution < -0.4 is 5.56 Å². The number of aryl methyl sites for hydroxylation is 1. The van der Waals surface area contributed by atoms with Crippen molar-refractivity contribution in [3.05, 3.63) is 63.4 Å². The first-order valence-corrected chi connectivity index (χ1v) is 9.71. The highest BCUT2D eigenvalue weighted by atomic mass is 32.1. The molecule has 0 aliphatic carbocycles. The van der Waals surface area contributed by atoms with Gasteiger partial charge in [0.1, 0.15) is 10.5 Å². The van der Waals surface area contributed by atoms with Crippen molar-refractivity contribution >= 4 is 45.1 Å². The molecule has 5 aromatic rings. The van der Waals surface area contributed by atoms with Gasteiger partial charge in [-0.3, -0.25) is 9.89 Å². The fraction of sp³-hybridized carbons (Fsp3) is 0.158. The first-order chi connectivity index (χ1) is 14.1. The molecule has 144 valence electrons. The molecule has 0 amide bonds. The van der Waals surface area contributed by atoms with Crippen LogP contribution in [0.5, 0.6) is 0 Å². The molecule has 0 saturated heterocycles. The average Bonchev–Trinajstić information content (AvgIpc) is 3.43. The molecule has 0 fully saturated rings. The lowest BCUT2D eigenvalue weighted by molar-refractivity contribution is 0.631. The van der Waals surface area contributed by atoms with E-state index in [4.69, 9.17) is 4.98 Å². The molecule has 0 saturated carbocycles. The van der Waals surface area contributed by atoms with E-state index in [2.05, 4.69) is 32.0 Å². The molecule has 10 heteroatoms. The number of pyridine rings is 1. The van der Waals surface area contributed by atoms with Crippen LogP contribution in [0.15, 0.2) is 46.4 Å². The van der Waals surface area contributed by atoms with Crippen molar-refractivity contribution < 1.29 is 0 Å². The van der Waals surface area contributed by atoms with E-state index in [0.29, 0.717) is 24.3 Å². The highest BCUT2D eigenvalue weighted by Gasteiger charge is 2.18. The van der Waals surface area contributed by atoms with Crippen LogP contribution in [0.4, 0.5) is 5.82 Å². The topological polar surface area (TPSA) is 107 Å². The van der Waals surface area contributed by atoms with Crippen molar-refractivity contribution in [1.29, 1.82) is 0 Å². The van der Waals surface area contributed by atoms with Gasteiger partial charge in [-0.15, -0.1) is 11.3 Å². The Labute approximate surface area is 168 Å². The van der Waals surface area contributed by atoms with Crippen LogP contribution in [0, 0.1) is 0 Å². The Morgan fingerprint density at radius 1 is 1.24 bits per heavy atom. The Morgan fingerprint density at radius 3 is 2.93 bits per heavy atom. The first kappa shape index (κ1) is 17.4. The van der Waals surface area contributed by atoms with Gasteiger partial charge in [-0.1, -0.05) is 6.07 Å². The molecule has 1 N–H and O–H groups in total. The van der Waals surface area contributed by atoms with E-state index >= 15 is 0 Å². The zero-order valence-corrected chi connectivity index (χ0v) is 16.3. The quantitative estimate of drug-likeness (QED) is 0.453. The SMILES string of the molecule is C=Nc1cccc(Cc2nc3c(s2)c2cnn(Cc4cc[nH]n4)c(=O)c2n3C)n1. The van der Waals surface area contributed by atoms with Gasteiger partial charge in [-0.2, -0.15) is 10.2 Å². The normalized spacial score (nSPS) is 11.5. The number of nitrogens with zero attached hydrogens (tertiary/aromatic N) is 7. The highest BCUT2D eigenvalue weighted by molar-refractivity contribution is 7.19. The van der Waals surface area contributed by atoms with E-state index in [9.17, 15) is 4.79 Å². The lowest BCUT2D eigenvalue weighted by atomic mass is 10.3. The van der Waals surface area contributed by atoms with Crippen LogP contribution in [-0.2, 0) is 20.0 Å². The second kappa shape index (κ2) is 6.74. The molecule has 5 rings (SSSR count). The Hall–Kier alpha value is -3.66. The van der Waals surface area contributed by atoms with Crippen molar-refractivity contribution in [3.63, 3.8) is 0 Å². The van der Waals surface area contributed by atoms with Gasteiger partial charge in [0.2, 0.25) is 0 Å².